The standard InChI is InChI=1S/C24H30O4/c1-4-5-12-17-24(3,28-23(26)21-15-10-7-11-16-21)18-19(2)27-22(25)20-13-8-6-9-14-20/h6-11,13-16,19H,4-5,12,17-18H2,1-3H3. The van der Waals surface area contributed by atoms with E-state index >= 15 is 0 Å². The lowest BCUT2D eigenvalue weighted by molar-refractivity contribution is -0.0416. The number of ether oxygens (including phenoxy) is 2. The van der Waals surface area contributed by atoms with Crippen LogP contribution in [0, 0.1) is 0 Å². The number of unbranched alkanes of at least 4 members (excludes halogenated alkanes) is 2. The molecule has 0 radical (unpaired) electrons. The summed E-state index contributed by atoms with van der Waals surface area (Å²) in [7, 11) is 0. The number of hydrogen-bond acceptors (Lipinski definition) is 4. The van der Waals surface area contributed by atoms with E-state index in [2.05, 4.69) is 6.92 Å². The maximum absolute atomic E-state index is 12.6. The highest BCUT2D eigenvalue weighted by atomic mass is 16.6. The predicted molar refractivity (Wildman–Crippen MR) is 110 cm³/mol. The first-order valence-electron chi connectivity index (χ1n) is 9.98. The molecule has 0 spiro atoms. The number of carbonyl (C=O) groups excluding carboxylic acids is 2. The summed E-state index contributed by atoms with van der Waals surface area (Å²) in [5, 5.41) is 0. The van der Waals surface area contributed by atoms with Gasteiger partial charge in [-0.25, -0.2) is 9.59 Å². The fourth-order valence-corrected chi connectivity index (χ4v) is 3.28. The van der Waals surface area contributed by atoms with Crippen LogP contribution < -0.4 is 0 Å². The third-order valence-corrected chi connectivity index (χ3v) is 4.69. The van der Waals surface area contributed by atoms with E-state index < -0.39 is 5.60 Å². The van der Waals surface area contributed by atoms with Crippen LogP contribution >= 0.6 is 0 Å². The minimum absolute atomic E-state index is 0.346. The van der Waals surface area contributed by atoms with Crippen molar-refractivity contribution in [2.24, 2.45) is 0 Å². The van der Waals surface area contributed by atoms with Gasteiger partial charge in [-0.05, 0) is 51.0 Å². The third-order valence-electron chi connectivity index (χ3n) is 4.69. The first-order chi connectivity index (χ1) is 13.4. The molecule has 4 heteroatoms. The first kappa shape index (κ1) is 21.7. The number of hydrogen-bond donors (Lipinski definition) is 0. The molecule has 2 rings (SSSR count). The van der Waals surface area contributed by atoms with Gasteiger partial charge in [0.2, 0.25) is 0 Å². The van der Waals surface area contributed by atoms with Crippen LogP contribution in [0.5, 0.6) is 0 Å². The lowest BCUT2D eigenvalue weighted by Gasteiger charge is -2.32. The molecule has 0 fully saturated rings. The predicted octanol–water partition coefficient (Wildman–Crippen LogP) is 5.82. The van der Waals surface area contributed by atoms with Crippen LogP contribution in [0.1, 0.15) is 73.6 Å². The first-order valence-corrected chi connectivity index (χ1v) is 9.98. The summed E-state index contributed by atoms with van der Waals surface area (Å²) in [5.41, 5.74) is 0.347. The number of benzene rings is 2. The molecule has 0 aliphatic rings. The third kappa shape index (κ3) is 6.84. The van der Waals surface area contributed by atoms with Crippen molar-refractivity contribution in [3.63, 3.8) is 0 Å². The Bertz CT molecular complexity index is 742. The van der Waals surface area contributed by atoms with Gasteiger partial charge in [0.1, 0.15) is 11.7 Å². The van der Waals surface area contributed by atoms with E-state index in [0.717, 1.165) is 25.7 Å². The van der Waals surface area contributed by atoms with Crippen molar-refractivity contribution in [1.29, 1.82) is 0 Å². The van der Waals surface area contributed by atoms with E-state index in [-0.39, 0.29) is 18.0 Å². The van der Waals surface area contributed by atoms with E-state index in [1.165, 1.54) is 0 Å². The zero-order valence-corrected chi connectivity index (χ0v) is 17.0. The Hall–Kier alpha value is -2.62. The maximum Gasteiger partial charge on any atom is 0.338 e. The van der Waals surface area contributed by atoms with Crippen LogP contribution in [0.3, 0.4) is 0 Å². The minimum Gasteiger partial charge on any atom is -0.459 e. The molecule has 0 saturated heterocycles. The molecule has 0 bridgehead atoms. The van der Waals surface area contributed by atoms with Gasteiger partial charge >= 0.3 is 11.9 Å². The molecule has 0 N–H and O–H groups in total. The lowest BCUT2D eigenvalue weighted by atomic mass is 9.91. The summed E-state index contributed by atoms with van der Waals surface area (Å²) >= 11 is 0. The zero-order chi connectivity index (χ0) is 20.4. The number of carbonyl (C=O) groups is 2. The monoisotopic (exact) mass is 382 g/mol. The highest BCUT2D eigenvalue weighted by Gasteiger charge is 2.32. The summed E-state index contributed by atoms with van der Waals surface area (Å²) in [6.45, 7) is 5.91. The van der Waals surface area contributed by atoms with Crippen molar-refractivity contribution in [1.82, 2.24) is 0 Å². The fourth-order valence-electron chi connectivity index (χ4n) is 3.28. The summed E-state index contributed by atoms with van der Waals surface area (Å²) in [5.74, 6) is -0.709. The van der Waals surface area contributed by atoms with E-state index in [0.29, 0.717) is 17.5 Å². The minimum atomic E-state index is -0.696. The van der Waals surface area contributed by atoms with E-state index in [4.69, 9.17) is 9.47 Å². The number of esters is 2. The van der Waals surface area contributed by atoms with Crippen molar-refractivity contribution < 1.29 is 19.1 Å². The van der Waals surface area contributed by atoms with Crippen LogP contribution in [0.4, 0.5) is 0 Å². The average Bonchev–Trinajstić information content (AvgIpc) is 2.69. The van der Waals surface area contributed by atoms with Gasteiger partial charge in [0.05, 0.1) is 11.1 Å². The van der Waals surface area contributed by atoms with Gasteiger partial charge in [-0.2, -0.15) is 0 Å². The maximum atomic E-state index is 12.6. The molecule has 0 aliphatic heterocycles. The molecule has 2 atom stereocenters. The molecule has 2 aromatic rings. The summed E-state index contributed by atoms with van der Waals surface area (Å²) in [6.07, 6.45) is 3.91. The van der Waals surface area contributed by atoms with Gasteiger partial charge in [-0.15, -0.1) is 0 Å². The van der Waals surface area contributed by atoms with Crippen LogP contribution in [0.25, 0.3) is 0 Å². The summed E-state index contributed by atoms with van der Waals surface area (Å²) < 4.78 is 11.5. The van der Waals surface area contributed by atoms with Gasteiger partial charge in [-0.3, -0.25) is 0 Å². The second-order valence-corrected chi connectivity index (χ2v) is 7.45. The van der Waals surface area contributed by atoms with Crippen LogP contribution in [0.15, 0.2) is 60.7 Å². The molecule has 2 unspecified atom stereocenters. The quantitative estimate of drug-likeness (QED) is 0.384. The molecular weight excluding hydrogens is 352 g/mol. The largest absolute Gasteiger partial charge is 0.459 e. The Morgan fingerprint density at radius 3 is 1.96 bits per heavy atom. The van der Waals surface area contributed by atoms with Crippen molar-refractivity contribution in [3.8, 4) is 0 Å². The van der Waals surface area contributed by atoms with Crippen LogP contribution in [0.2, 0.25) is 0 Å². The lowest BCUT2D eigenvalue weighted by Crippen LogP contribution is -2.36. The van der Waals surface area contributed by atoms with Crippen LogP contribution in [-0.4, -0.2) is 23.6 Å². The Balaban J connectivity index is 2.03. The van der Waals surface area contributed by atoms with Crippen molar-refractivity contribution >= 4 is 11.9 Å². The average molecular weight is 383 g/mol. The summed E-state index contributed by atoms with van der Waals surface area (Å²) in [6, 6.07) is 17.9. The molecule has 0 amide bonds. The molecule has 0 aromatic heterocycles. The van der Waals surface area contributed by atoms with E-state index in [1.807, 2.05) is 38.1 Å². The molecule has 2 aromatic carbocycles. The van der Waals surface area contributed by atoms with Crippen molar-refractivity contribution in [3.05, 3.63) is 71.8 Å². The Morgan fingerprint density at radius 2 is 1.43 bits per heavy atom. The van der Waals surface area contributed by atoms with Crippen molar-refractivity contribution in [2.45, 2.75) is 64.6 Å². The van der Waals surface area contributed by atoms with Crippen LogP contribution in [-0.2, 0) is 9.47 Å². The van der Waals surface area contributed by atoms with Gasteiger partial charge in [0.25, 0.3) is 0 Å². The number of rotatable bonds is 10. The van der Waals surface area contributed by atoms with Gasteiger partial charge in [0.15, 0.2) is 0 Å². The molecule has 0 aliphatic carbocycles. The Labute approximate surface area is 167 Å². The molecule has 28 heavy (non-hydrogen) atoms. The second-order valence-electron chi connectivity index (χ2n) is 7.45. The Kier molecular flexibility index (Phi) is 8.24. The second kappa shape index (κ2) is 10.6. The molecule has 4 nitrogen and oxygen atoms in total. The molecule has 0 heterocycles. The van der Waals surface area contributed by atoms with E-state index in [1.54, 1.807) is 36.4 Å². The highest BCUT2D eigenvalue weighted by molar-refractivity contribution is 5.90. The zero-order valence-electron chi connectivity index (χ0n) is 17.0. The smallest absolute Gasteiger partial charge is 0.338 e. The summed E-state index contributed by atoms with van der Waals surface area (Å²) in [4.78, 5) is 24.9. The van der Waals surface area contributed by atoms with Gasteiger partial charge in [0, 0.05) is 6.42 Å². The van der Waals surface area contributed by atoms with Gasteiger partial charge in [-0.1, -0.05) is 56.2 Å². The fraction of sp³-hybridized carbons (Fsp3) is 0.417. The molecule has 0 saturated carbocycles. The Morgan fingerprint density at radius 1 is 0.893 bits per heavy atom. The normalized spacial score (nSPS) is 14.0. The molecular formula is C24H30O4. The molecule has 150 valence electrons. The SMILES string of the molecule is CCCCCC(C)(CC(C)OC(=O)c1ccccc1)OC(=O)c1ccccc1. The highest BCUT2D eigenvalue weighted by Crippen LogP contribution is 2.28. The van der Waals surface area contributed by atoms with E-state index in [9.17, 15) is 9.59 Å². The van der Waals surface area contributed by atoms with Crippen molar-refractivity contribution in [2.75, 3.05) is 0 Å². The topological polar surface area (TPSA) is 52.6 Å². The van der Waals surface area contributed by atoms with Gasteiger partial charge < -0.3 is 9.47 Å².